The van der Waals surface area contributed by atoms with Gasteiger partial charge in [-0.2, -0.15) is 13.2 Å². The van der Waals surface area contributed by atoms with Crippen molar-refractivity contribution < 1.29 is 13.2 Å². The number of nitrogens with one attached hydrogen (secondary N) is 1. The minimum Gasteiger partial charge on any atom is -0.380 e. The number of pyridine rings is 1. The summed E-state index contributed by atoms with van der Waals surface area (Å²) in [6, 6.07) is 9.19. The Bertz CT molecular complexity index is 923. The molecule has 9 heteroatoms. The first-order chi connectivity index (χ1) is 12.7. The standard InChI is InChI=1S/C18H16ClF3N4S/c1-26(2)16-8-12(18(20,21)22)7-15(25-16)11-3-5-13(6-4-11)23-9-14-10-24-17(19)27-14/h3-8,10,23H,9H2,1-2H3. The molecular weight excluding hydrogens is 397 g/mol. The largest absolute Gasteiger partial charge is 0.416 e. The highest BCUT2D eigenvalue weighted by Gasteiger charge is 2.32. The van der Waals surface area contributed by atoms with Gasteiger partial charge in [-0.15, -0.1) is 11.3 Å². The summed E-state index contributed by atoms with van der Waals surface area (Å²) in [6.45, 7) is 0.566. The van der Waals surface area contributed by atoms with E-state index in [1.807, 2.05) is 0 Å². The van der Waals surface area contributed by atoms with Crippen LogP contribution < -0.4 is 10.2 Å². The van der Waals surface area contributed by atoms with E-state index in [0.29, 0.717) is 16.6 Å². The second kappa shape index (κ2) is 7.74. The SMILES string of the molecule is CN(C)c1cc(C(F)(F)F)cc(-c2ccc(NCc3cnc(Cl)s3)cc2)n1. The molecule has 142 valence electrons. The van der Waals surface area contributed by atoms with Crippen LogP contribution >= 0.6 is 22.9 Å². The average molecular weight is 413 g/mol. The number of anilines is 2. The summed E-state index contributed by atoms with van der Waals surface area (Å²) in [4.78, 5) is 10.8. The van der Waals surface area contributed by atoms with Crippen LogP contribution in [0.25, 0.3) is 11.3 Å². The molecule has 0 bridgehead atoms. The Balaban J connectivity index is 1.82. The molecule has 0 fully saturated rings. The smallest absolute Gasteiger partial charge is 0.380 e. The minimum absolute atomic E-state index is 0.254. The molecule has 3 rings (SSSR count). The van der Waals surface area contributed by atoms with Crippen LogP contribution in [-0.4, -0.2) is 24.1 Å². The van der Waals surface area contributed by atoms with Gasteiger partial charge in [0.2, 0.25) is 0 Å². The molecule has 1 aromatic carbocycles. The predicted molar refractivity (Wildman–Crippen MR) is 103 cm³/mol. The third kappa shape index (κ3) is 4.90. The van der Waals surface area contributed by atoms with Gasteiger partial charge in [-0.05, 0) is 24.3 Å². The molecule has 0 spiro atoms. The summed E-state index contributed by atoms with van der Waals surface area (Å²) in [5.41, 5.74) is 0.994. The van der Waals surface area contributed by atoms with Crippen molar-refractivity contribution in [3.05, 3.63) is 57.5 Å². The van der Waals surface area contributed by atoms with Crippen molar-refractivity contribution in [1.82, 2.24) is 9.97 Å². The number of aromatic nitrogens is 2. The van der Waals surface area contributed by atoms with Crippen LogP contribution in [0.4, 0.5) is 24.7 Å². The number of hydrogen-bond donors (Lipinski definition) is 1. The maximum Gasteiger partial charge on any atom is 0.416 e. The van der Waals surface area contributed by atoms with Gasteiger partial charge in [-0.3, -0.25) is 0 Å². The molecule has 27 heavy (non-hydrogen) atoms. The first-order valence-corrected chi connectivity index (χ1v) is 9.13. The van der Waals surface area contributed by atoms with Crippen LogP contribution in [0.5, 0.6) is 0 Å². The highest BCUT2D eigenvalue weighted by atomic mass is 35.5. The van der Waals surface area contributed by atoms with E-state index in [4.69, 9.17) is 11.6 Å². The molecule has 0 atom stereocenters. The van der Waals surface area contributed by atoms with E-state index in [9.17, 15) is 13.2 Å². The highest BCUT2D eigenvalue weighted by Crippen LogP contribution is 2.34. The quantitative estimate of drug-likeness (QED) is 0.596. The lowest BCUT2D eigenvalue weighted by molar-refractivity contribution is -0.137. The zero-order valence-corrected chi connectivity index (χ0v) is 16.1. The molecule has 0 radical (unpaired) electrons. The van der Waals surface area contributed by atoms with Gasteiger partial charge in [-0.25, -0.2) is 9.97 Å². The Kier molecular flexibility index (Phi) is 5.57. The molecule has 4 nitrogen and oxygen atoms in total. The van der Waals surface area contributed by atoms with E-state index in [0.717, 1.165) is 22.7 Å². The van der Waals surface area contributed by atoms with E-state index in [-0.39, 0.29) is 11.5 Å². The van der Waals surface area contributed by atoms with Crippen molar-refractivity contribution in [2.75, 3.05) is 24.3 Å². The van der Waals surface area contributed by atoms with E-state index in [1.54, 1.807) is 49.5 Å². The number of thiazole rings is 1. The van der Waals surface area contributed by atoms with Gasteiger partial charge in [0, 0.05) is 36.4 Å². The van der Waals surface area contributed by atoms with Crippen molar-refractivity contribution in [3.63, 3.8) is 0 Å². The molecule has 0 saturated heterocycles. The molecule has 0 unspecified atom stereocenters. The summed E-state index contributed by atoms with van der Waals surface area (Å²) < 4.78 is 40.0. The van der Waals surface area contributed by atoms with Crippen molar-refractivity contribution in [2.24, 2.45) is 0 Å². The van der Waals surface area contributed by atoms with Gasteiger partial charge < -0.3 is 10.2 Å². The summed E-state index contributed by atoms with van der Waals surface area (Å²) in [6.07, 6.45) is -2.73. The third-order valence-electron chi connectivity index (χ3n) is 3.77. The van der Waals surface area contributed by atoms with E-state index < -0.39 is 11.7 Å². The Morgan fingerprint density at radius 2 is 1.85 bits per heavy atom. The molecule has 3 aromatic rings. The molecule has 0 saturated carbocycles. The first-order valence-electron chi connectivity index (χ1n) is 7.93. The van der Waals surface area contributed by atoms with Gasteiger partial charge in [-0.1, -0.05) is 23.7 Å². The zero-order chi connectivity index (χ0) is 19.6. The Morgan fingerprint density at radius 3 is 2.41 bits per heavy atom. The van der Waals surface area contributed by atoms with Gasteiger partial charge >= 0.3 is 6.18 Å². The third-order valence-corrected chi connectivity index (χ3v) is 4.88. The first kappa shape index (κ1) is 19.4. The van der Waals surface area contributed by atoms with Crippen LogP contribution in [0.2, 0.25) is 4.47 Å². The molecule has 0 amide bonds. The number of alkyl halides is 3. The second-order valence-corrected chi connectivity index (χ2v) is 7.70. The fourth-order valence-corrected chi connectivity index (χ4v) is 3.29. The van der Waals surface area contributed by atoms with Crippen LogP contribution in [-0.2, 0) is 12.7 Å². The fraction of sp³-hybridized carbons (Fsp3) is 0.222. The topological polar surface area (TPSA) is 41.0 Å². The van der Waals surface area contributed by atoms with Gasteiger partial charge in [0.05, 0.1) is 17.8 Å². The number of hydrogen-bond acceptors (Lipinski definition) is 5. The van der Waals surface area contributed by atoms with E-state index in [2.05, 4.69) is 15.3 Å². The van der Waals surface area contributed by atoms with Gasteiger partial charge in [0.25, 0.3) is 0 Å². The summed E-state index contributed by atoms with van der Waals surface area (Å²) >= 11 is 7.19. The Morgan fingerprint density at radius 1 is 1.15 bits per heavy atom. The molecule has 0 aliphatic heterocycles. The summed E-state index contributed by atoms with van der Waals surface area (Å²) in [7, 11) is 3.32. The number of benzene rings is 1. The normalized spacial score (nSPS) is 11.5. The molecule has 2 heterocycles. The van der Waals surface area contributed by atoms with Crippen LogP contribution in [0, 0.1) is 0 Å². The minimum atomic E-state index is -4.43. The lowest BCUT2D eigenvalue weighted by Crippen LogP contribution is -2.14. The van der Waals surface area contributed by atoms with Crippen molar-refractivity contribution in [1.29, 1.82) is 0 Å². The van der Waals surface area contributed by atoms with Gasteiger partial charge in [0.15, 0.2) is 4.47 Å². The lowest BCUT2D eigenvalue weighted by atomic mass is 10.1. The zero-order valence-electron chi connectivity index (χ0n) is 14.5. The number of rotatable bonds is 5. The molecule has 1 N–H and O–H groups in total. The van der Waals surface area contributed by atoms with Crippen LogP contribution in [0.3, 0.4) is 0 Å². The van der Waals surface area contributed by atoms with Crippen LogP contribution in [0.15, 0.2) is 42.6 Å². The fourth-order valence-electron chi connectivity index (χ4n) is 2.37. The summed E-state index contributed by atoms with van der Waals surface area (Å²) in [5.74, 6) is 0.254. The Labute approximate surface area is 163 Å². The number of nitrogens with zero attached hydrogens (tertiary/aromatic N) is 3. The monoisotopic (exact) mass is 412 g/mol. The maximum absolute atomic E-state index is 13.2. The molecular formula is C18H16ClF3N4S. The molecule has 0 aliphatic carbocycles. The highest BCUT2D eigenvalue weighted by molar-refractivity contribution is 7.15. The van der Waals surface area contributed by atoms with Crippen molar-refractivity contribution in [2.45, 2.75) is 12.7 Å². The van der Waals surface area contributed by atoms with E-state index in [1.165, 1.54) is 11.3 Å². The molecule has 0 aliphatic rings. The predicted octanol–water partition coefficient (Wildman–Crippen LogP) is 5.56. The lowest BCUT2D eigenvalue weighted by Gasteiger charge is -2.16. The van der Waals surface area contributed by atoms with Crippen molar-refractivity contribution >= 4 is 34.4 Å². The molecule has 2 aromatic heterocycles. The van der Waals surface area contributed by atoms with Crippen LogP contribution in [0.1, 0.15) is 10.4 Å². The maximum atomic E-state index is 13.2. The number of halogens is 4. The Hall–Kier alpha value is -2.32. The summed E-state index contributed by atoms with van der Waals surface area (Å²) in [5, 5.41) is 3.22. The van der Waals surface area contributed by atoms with E-state index >= 15 is 0 Å². The van der Waals surface area contributed by atoms with Crippen molar-refractivity contribution in [3.8, 4) is 11.3 Å². The van der Waals surface area contributed by atoms with Gasteiger partial charge in [0.1, 0.15) is 5.82 Å². The second-order valence-electron chi connectivity index (χ2n) is 6.00. The average Bonchev–Trinajstić information content (AvgIpc) is 3.04.